The number of aromatic nitrogens is 2. The Morgan fingerprint density at radius 1 is 1.38 bits per heavy atom. The third kappa shape index (κ3) is 2.72. The van der Waals surface area contributed by atoms with Crippen molar-refractivity contribution in [1.29, 1.82) is 0 Å². The van der Waals surface area contributed by atoms with Crippen LogP contribution in [-0.2, 0) is 17.8 Å². The van der Waals surface area contributed by atoms with Crippen molar-refractivity contribution in [2.24, 2.45) is 5.84 Å². The van der Waals surface area contributed by atoms with Crippen LogP contribution >= 0.6 is 15.9 Å². The van der Waals surface area contributed by atoms with Gasteiger partial charge >= 0.3 is 0 Å². The number of benzene rings is 1. The third-order valence-electron chi connectivity index (χ3n) is 3.36. The fourth-order valence-corrected chi connectivity index (χ4v) is 2.69. The number of anilines is 1. The minimum absolute atomic E-state index is 0.477. The summed E-state index contributed by atoms with van der Waals surface area (Å²) in [4.78, 5) is 9.15. The summed E-state index contributed by atoms with van der Waals surface area (Å²) in [6.45, 7) is 1.13. The Morgan fingerprint density at radius 3 is 3.00 bits per heavy atom. The molecule has 0 bridgehead atoms. The Kier molecular flexibility index (Phi) is 4.05. The summed E-state index contributed by atoms with van der Waals surface area (Å²) in [5, 5.41) is 0. The lowest BCUT2D eigenvalue weighted by Crippen LogP contribution is -2.19. The number of hydrazine groups is 1. The first-order chi connectivity index (χ1) is 10.2. The van der Waals surface area contributed by atoms with E-state index in [2.05, 4.69) is 31.3 Å². The van der Waals surface area contributed by atoms with Gasteiger partial charge in [0.25, 0.3) is 0 Å². The maximum Gasteiger partial charge on any atom is 0.165 e. The van der Waals surface area contributed by atoms with Gasteiger partial charge in [-0.25, -0.2) is 15.8 Å². The number of hydrogen-bond donors (Lipinski definition) is 2. The average molecular weight is 351 g/mol. The van der Waals surface area contributed by atoms with Crippen molar-refractivity contribution in [2.45, 2.75) is 13.0 Å². The first-order valence-electron chi connectivity index (χ1n) is 6.51. The summed E-state index contributed by atoms with van der Waals surface area (Å²) < 4.78 is 11.8. The highest BCUT2D eigenvalue weighted by atomic mass is 79.9. The predicted octanol–water partition coefficient (Wildman–Crippen LogP) is 2.27. The minimum Gasteiger partial charge on any atom is -0.496 e. The van der Waals surface area contributed by atoms with E-state index in [1.165, 1.54) is 0 Å². The second-order valence-corrected chi connectivity index (χ2v) is 5.53. The minimum atomic E-state index is 0.477. The number of nitrogens with two attached hydrogens (primary N) is 1. The van der Waals surface area contributed by atoms with Crippen molar-refractivity contribution in [3.05, 3.63) is 33.9 Å². The number of hydrogen-bond acceptors (Lipinski definition) is 6. The first-order valence-corrected chi connectivity index (χ1v) is 7.30. The Hall–Kier alpha value is -1.70. The summed E-state index contributed by atoms with van der Waals surface area (Å²) in [5.74, 6) is 7.48. The molecule has 3 N–H and O–H groups in total. The van der Waals surface area contributed by atoms with Crippen LogP contribution in [0.15, 0.2) is 22.7 Å². The van der Waals surface area contributed by atoms with Crippen LogP contribution in [0, 0.1) is 0 Å². The summed E-state index contributed by atoms with van der Waals surface area (Å²) in [7, 11) is 1.63. The summed E-state index contributed by atoms with van der Waals surface area (Å²) >= 11 is 3.46. The molecule has 6 nitrogen and oxygen atoms in total. The molecular formula is C14H15BrN4O2. The number of rotatable bonds is 3. The molecule has 21 heavy (non-hydrogen) atoms. The van der Waals surface area contributed by atoms with Crippen LogP contribution in [0.4, 0.5) is 5.82 Å². The molecule has 110 valence electrons. The second-order valence-electron chi connectivity index (χ2n) is 4.61. The smallest absolute Gasteiger partial charge is 0.165 e. The molecule has 1 aliphatic rings. The lowest BCUT2D eigenvalue weighted by Gasteiger charge is -2.19. The van der Waals surface area contributed by atoms with Gasteiger partial charge in [0, 0.05) is 16.5 Å². The van der Waals surface area contributed by atoms with Crippen LogP contribution in [0.2, 0.25) is 0 Å². The van der Waals surface area contributed by atoms with Crippen LogP contribution in [0.1, 0.15) is 11.3 Å². The third-order valence-corrected chi connectivity index (χ3v) is 3.85. The SMILES string of the molecule is COc1ccc(Br)cc1-c1nc2c(c(NN)n1)COCC2. The highest BCUT2D eigenvalue weighted by Gasteiger charge is 2.20. The normalized spacial score (nSPS) is 13.7. The van der Waals surface area contributed by atoms with Crippen LogP contribution < -0.4 is 16.0 Å². The molecule has 2 aromatic rings. The van der Waals surface area contributed by atoms with Gasteiger partial charge in [0.1, 0.15) is 11.6 Å². The van der Waals surface area contributed by atoms with E-state index in [1.807, 2.05) is 18.2 Å². The number of halogens is 1. The van der Waals surface area contributed by atoms with Crippen LogP contribution in [-0.4, -0.2) is 23.7 Å². The zero-order valence-corrected chi connectivity index (χ0v) is 13.1. The molecule has 1 aromatic heterocycles. The molecule has 0 radical (unpaired) electrons. The van der Waals surface area contributed by atoms with E-state index in [0.717, 1.165) is 27.7 Å². The molecule has 1 aliphatic heterocycles. The van der Waals surface area contributed by atoms with E-state index < -0.39 is 0 Å². The number of nitrogens with zero attached hydrogens (tertiary/aromatic N) is 2. The van der Waals surface area contributed by atoms with E-state index in [0.29, 0.717) is 30.6 Å². The van der Waals surface area contributed by atoms with E-state index in [9.17, 15) is 0 Å². The Labute approximate surface area is 130 Å². The van der Waals surface area contributed by atoms with Crippen molar-refractivity contribution < 1.29 is 9.47 Å². The van der Waals surface area contributed by atoms with Gasteiger partial charge in [0.05, 0.1) is 31.6 Å². The van der Waals surface area contributed by atoms with Crippen molar-refractivity contribution in [1.82, 2.24) is 9.97 Å². The monoisotopic (exact) mass is 350 g/mol. The maximum atomic E-state index is 5.58. The molecule has 3 rings (SSSR count). The van der Waals surface area contributed by atoms with Crippen molar-refractivity contribution in [3.63, 3.8) is 0 Å². The van der Waals surface area contributed by atoms with Gasteiger partial charge < -0.3 is 14.9 Å². The van der Waals surface area contributed by atoms with E-state index >= 15 is 0 Å². The molecule has 0 atom stereocenters. The van der Waals surface area contributed by atoms with Crippen molar-refractivity contribution in [3.8, 4) is 17.1 Å². The zero-order chi connectivity index (χ0) is 14.8. The Balaban J connectivity index is 2.17. The standard InChI is InChI=1S/C14H15BrN4O2/c1-20-12-3-2-8(15)6-9(12)13-17-11-4-5-21-7-10(11)14(18-13)19-16/h2-3,6H,4-5,7,16H2,1H3,(H,17,18,19). The van der Waals surface area contributed by atoms with Gasteiger partial charge in [0.15, 0.2) is 5.82 Å². The molecule has 0 spiro atoms. The highest BCUT2D eigenvalue weighted by molar-refractivity contribution is 9.10. The summed E-state index contributed by atoms with van der Waals surface area (Å²) in [6, 6.07) is 5.72. The van der Waals surface area contributed by atoms with Gasteiger partial charge in [-0.15, -0.1) is 0 Å². The quantitative estimate of drug-likeness (QED) is 0.652. The van der Waals surface area contributed by atoms with Gasteiger partial charge in [-0.2, -0.15) is 0 Å². The van der Waals surface area contributed by atoms with Crippen LogP contribution in [0.25, 0.3) is 11.4 Å². The highest BCUT2D eigenvalue weighted by Crippen LogP contribution is 2.33. The predicted molar refractivity (Wildman–Crippen MR) is 82.9 cm³/mol. The lowest BCUT2D eigenvalue weighted by atomic mass is 10.1. The van der Waals surface area contributed by atoms with E-state index in [-0.39, 0.29) is 0 Å². The number of methoxy groups -OCH3 is 1. The zero-order valence-electron chi connectivity index (χ0n) is 11.5. The lowest BCUT2D eigenvalue weighted by molar-refractivity contribution is 0.109. The van der Waals surface area contributed by atoms with Crippen molar-refractivity contribution in [2.75, 3.05) is 19.1 Å². The molecule has 2 heterocycles. The second kappa shape index (κ2) is 5.97. The fraction of sp³-hybridized carbons (Fsp3) is 0.286. The Bertz CT molecular complexity index is 661. The maximum absolute atomic E-state index is 5.58. The number of ether oxygens (including phenoxy) is 2. The number of nitrogens with one attached hydrogen (secondary N) is 1. The molecule has 0 amide bonds. The van der Waals surface area contributed by atoms with Crippen molar-refractivity contribution >= 4 is 21.7 Å². The molecule has 0 fully saturated rings. The van der Waals surface area contributed by atoms with Gasteiger partial charge in [-0.1, -0.05) is 15.9 Å². The number of fused-ring (bicyclic) bond motifs is 1. The molecular weight excluding hydrogens is 336 g/mol. The molecule has 0 saturated heterocycles. The molecule has 0 aliphatic carbocycles. The van der Waals surface area contributed by atoms with Crippen LogP contribution in [0.3, 0.4) is 0 Å². The summed E-state index contributed by atoms with van der Waals surface area (Å²) in [6.07, 6.45) is 0.746. The van der Waals surface area contributed by atoms with E-state index in [4.69, 9.17) is 15.3 Å². The number of nitrogen functional groups attached to an aromatic ring is 1. The average Bonchev–Trinajstić information content (AvgIpc) is 2.53. The summed E-state index contributed by atoms with van der Waals surface area (Å²) in [5.41, 5.74) is 5.33. The molecule has 0 unspecified atom stereocenters. The van der Waals surface area contributed by atoms with Gasteiger partial charge in [-0.05, 0) is 18.2 Å². The molecule has 1 aromatic carbocycles. The first kappa shape index (κ1) is 14.2. The van der Waals surface area contributed by atoms with Gasteiger partial charge in [-0.3, -0.25) is 0 Å². The fourth-order valence-electron chi connectivity index (χ4n) is 2.33. The largest absolute Gasteiger partial charge is 0.496 e. The topological polar surface area (TPSA) is 82.3 Å². The van der Waals surface area contributed by atoms with Crippen LogP contribution in [0.5, 0.6) is 5.75 Å². The Morgan fingerprint density at radius 2 is 2.24 bits per heavy atom. The molecule has 7 heteroatoms. The van der Waals surface area contributed by atoms with E-state index in [1.54, 1.807) is 7.11 Å². The molecule has 0 saturated carbocycles. The van der Waals surface area contributed by atoms with Gasteiger partial charge in [0.2, 0.25) is 0 Å².